The molecule has 6 N–H and O–H groups in total. The summed E-state index contributed by atoms with van der Waals surface area (Å²) in [6.45, 7) is 0. The molecule has 0 aliphatic heterocycles. The highest BCUT2D eigenvalue weighted by molar-refractivity contribution is 8.78. The lowest BCUT2D eigenvalue weighted by molar-refractivity contribution is 0.539. The van der Waals surface area contributed by atoms with Gasteiger partial charge in [0.25, 0.3) is 0 Å². The zero-order valence-electron chi connectivity index (χ0n) is 14.6. The molecule has 0 rings (SSSR count). The van der Waals surface area contributed by atoms with Crippen molar-refractivity contribution < 1.29 is 17.5 Å². The minimum Gasteiger partial charge on any atom is -0.327 e. The third kappa shape index (κ3) is 15.1. The summed E-state index contributed by atoms with van der Waals surface area (Å²) in [6, 6.07) is -2.49. The Bertz CT molecular complexity index is 590. The van der Waals surface area contributed by atoms with Gasteiger partial charge in [-0.1, -0.05) is 53.4 Å². The molecule has 0 spiro atoms. The van der Waals surface area contributed by atoms with Gasteiger partial charge >= 0.3 is 0 Å². The third-order valence-corrected chi connectivity index (χ3v) is 9.40. The zero-order chi connectivity index (χ0) is 21.4. The number of hydrogen-bond donors (Lipinski definition) is 4. The van der Waals surface area contributed by atoms with Crippen LogP contribution in [0.4, 0.5) is 0 Å². The SMILES string of the molecule is [N-]=[N+]=N[C@@H](CS(=O)O)[C@@H](N)CSSCCSSC[C@H](N=[N+]=[N-])[C@@H](N)CS(=O)O. The monoisotopic (exact) mass is 510 g/mol. The van der Waals surface area contributed by atoms with E-state index in [9.17, 15) is 8.42 Å². The quantitative estimate of drug-likeness (QED) is 0.0557. The van der Waals surface area contributed by atoms with Crippen molar-refractivity contribution in [3.8, 4) is 0 Å². The molecule has 6 atom stereocenters. The average Bonchev–Trinajstić information content (AvgIpc) is 2.61. The van der Waals surface area contributed by atoms with Crippen LogP contribution >= 0.6 is 43.2 Å². The number of nitrogens with two attached hydrogens (primary N) is 2. The van der Waals surface area contributed by atoms with Crippen LogP contribution in [0.5, 0.6) is 0 Å². The Labute approximate surface area is 183 Å². The Hall–Kier alpha value is 0.160. The van der Waals surface area contributed by atoms with E-state index in [1.807, 2.05) is 0 Å². The Kier molecular flexibility index (Phi) is 18.1. The van der Waals surface area contributed by atoms with Gasteiger partial charge in [0.2, 0.25) is 0 Å². The fourth-order valence-electron chi connectivity index (χ4n) is 1.58. The van der Waals surface area contributed by atoms with Crippen molar-refractivity contribution in [1.82, 2.24) is 0 Å². The smallest absolute Gasteiger partial charge is 0.154 e. The van der Waals surface area contributed by atoms with Gasteiger partial charge in [0.1, 0.15) is 0 Å². The van der Waals surface area contributed by atoms with Crippen LogP contribution in [0.3, 0.4) is 0 Å². The van der Waals surface area contributed by atoms with E-state index < -0.39 is 46.3 Å². The summed E-state index contributed by atoms with van der Waals surface area (Å²) in [7, 11) is 6.08. The van der Waals surface area contributed by atoms with E-state index in [0.717, 1.165) is 11.5 Å². The van der Waals surface area contributed by atoms with Gasteiger partial charge in [-0.15, -0.1) is 0 Å². The van der Waals surface area contributed by atoms with E-state index in [4.69, 9.17) is 31.6 Å². The molecule has 0 aliphatic rings. The first-order chi connectivity index (χ1) is 13.3. The van der Waals surface area contributed by atoms with Crippen LogP contribution in [0.1, 0.15) is 0 Å². The second-order valence-corrected chi connectivity index (χ2v) is 12.3. The summed E-state index contributed by atoms with van der Waals surface area (Å²) in [5, 5.41) is 7.03. The van der Waals surface area contributed by atoms with Crippen molar-refractivity contribution in [3.63, 3.8) is 0 Å². The van der Waals surface area contributed by atoms with Gasteiger partial charge in [-0.3, -0.25) is 0 Å². The summed E-state index contributed by atoms with van der Waals surface area (Å²) < 4.78 is 39.4. The summed E-state index contributed by atoms with van der Waals surface area (Å²) in [4.78, 5) is 5.37. The van der Waals surface area contributed by atoms with Crippen molar-refractivity contribution in [2.24, 2.45) is 21.7 Å². The van der Waals surface area contributed by atoms with Gasteiger partial charge in [0.15, 0.2) is 22.2 Å². The van der Waals surface area contributed by atoms with E-state index in [-0.39, 0.29) is 11.5 Å². The molecule has 0 saturated carbocycles. The van der Waals surface area contributed by atoms with Crippen LogP contribution in [0.25, 0.3) is 20.9 Å². The normalized spacial score (nSPS) is 17.4. The number of azide groups is 2. The molecule has 0 saturated heterocycles. The second-order valence-electron chi connectivity index (χ2n) is 5.06. The van der Waals surface area contributed by atoms with Gasteiger partial charge in [-0.2, -0.15) is 0 Å². The topological polar surface area (TPSA) is 224 Å². The molecule has 0 aromatic heterocycles. The number of rotatable bonds is 17. The first-order valence-electron chi connectivity index (χ1n) is 7.55. The maximum atomic E-state index is 10.8. The molecule has 2 unspecified atom stereocenters. The van der Waals surface area contributed by atoms with E-state index in [1.165, 1.54) is 21.6 Å². The molecule has 0 aromatic carbocycles. The van der Waals surface area contributed by atoms with Gasteiger partial charge in [0, 0.05) is 44.9 Å². The number of nitrogens with zero attached hydrogens (tertiary/aromatic N) is 6. The van der Waals surface area contributed by atoms with E-state index in [0.29, 0.717) is 11.5 Å². The molecule has 12 nitrogen and oxygen atoms in total. The van der Waals surface area contributed by atoms with E-state index in [1.54, 1.807) is 21.6 Å². The molecule has 18 heteroatoms. The second kappa shape index (κ2) is 18.0. The Morgan fingerprint density at radius 1 is 0.821 bits per heavy atom. The summed E-state index contributed by atoms with van der Waals surface area (Å²) in [5.74, 6) is 2.15. The highest BCUT2D eigenvalue weighted by atomic mass is 33.1. The summed E-state index contributed by atoms with van der Waals surface area (Å²) >= 11 is -4.12. The van der Waals surface area contributed by atoms with Crippen molar-refractivity contribution >= 4 is 65.3 Å². The Morgan fingerprint density at radius 3 is 1.82 bits per heavy atom. The van der Waals surface area contributed by atoms with E-state index in [2.05, 4.69) is 20.1 Å². The third-order valence-electron chi connectivity index (χ3n) is 2.95. The van der Waals surface area contributed by atoms with Crippen molar-refractivity contribution in [2.75, 3.05) is 34.5 Å². The molecule has 0 aliphatic carbocycles. The van der Waals surface area contributed by atoms with Crippen LogP contribution in [0.2, 0.25) is 0 Å². The van der Waals surface area contributed by atoms with Gasteiger partial charge in [-0.25, -0.2) is 8.42 Å². The zero-order valence-corrected chi connectivity index (χ0v) is 19.4. The molecule has 0 aromatic rings. The van der Waals surface area contributed by atoms with E-state index >= 15 is 0 Å². The largest absolute Gasteiger partial charge is 0.327 e. The molecule has 0 bridgehead atoms. The molecule has 0 amide bonds. The lowest BCUT2D eigenvalue weighted by Crippen LogP contribution is -2.39. The molecule has 0 heterocycles. The predicted octanol–water partition coefficient (Wildman–Crippen LogP) is 2.20. The summed E-state index contributed by atoms with van der Waals surface area (Å²) in [6.07, 6.45) is 0. The standard InChI is InChI=1S/C10H22N8O4S6/c11-7(10(16-18-14)6-28(21)22)3-25-23-1-2-24-26-4-9(15-17-13)8(12)5-27(19)20/h7-10H,1-6,11-12H2,(H,19,20)(H,21,22)/t7-,8-,9-,10-/m0/s1. The van der Waals surface area contributed by atoms with Crippen LogP contribution in [-0.4, -0.2) is 76.2 Å². The first kappa shape index (κ1) is 28.2. The lowest BCUT2D eigenvalue weighted by atomic mass is 10.2. The van der Waals surface area contributed by atoms with Gasteiger partial charge < -0.3 is 20.6 Å². The first-order valence-corrected chi connectivity index (χ1v) is 15.1. The average molecular weight is 511 g/mol. The van der Waals surface area contributed by atoms with Gasteiger partial charge in [-0.05, 0) is 11.1 Å². The molecular formula is C10H22N8O4S6. The molecule has 162 valence electrons. The van der Waals surface area contributed by atoms with Crippen LogP contribution < -0.4 is 11.5 Å². The minimum absolute atomic E-state index is 0.150. The summed E-state index contributed by atoms with van der Waals surface area (Å²) in [5.41, 5.74) is 28.7. The molecular weight excluding hydrogens is 489 g/mol. The fourth-order valence-corrected chi connectivity index (χ4v) is 7.94. The molecule has 0 fully saturated rings. The number of hydrogen-bond acceptors (Lipinski definition) is 10. The van der Waals surface area contributed by atoms with Crippen LogP contribution in [0, 0.1) is 0 Å². The van der Waals surface area contributed by atoms with Crippen molar-refractivity contribution in [3.05, 3.63) is 20.9 Å². The molecule has 28 heavy (non-hydrogen) atoms. The Balaban J connectivity index is 3.98. The maximum absolute atomic E-state index is 10.8. The van der Waals surface area contributed by atoms with Gasteiger partial charge in [0.05, 0.1) is 23.6 Å². The predicted molar refractivity (Wildman–Crippen MR) is 123 cm³/mol. The fraction of sp³-hybridized carbons (Fsp3) is 1.00. The highest BCUT2D eigenvalue weighted by Gasteiger charge is 2.20. The highest BCUT2D eigenvalue weighted by Crippen LogP contribution is 2.28. The maximum Gasteiger partial charge on any atom is 0.154 e. The minimum atomic E-state index is -2.08. The van der Waals surface area contributed by atoms with Crippen LogP contribution in [0.15, 0.2) is 10.2 Å². The molecule has 0 radical (unpaired) electrons. The van der Waals surface area contributed by atoms with Crippen LogP contribution in [-0.2, 0) is 22.2 Å². The lowest BCUT2D eigenvalue weighted by Gasteiger charge is -2.17. The van der Waals surface area contributed by atoms with Crippen molar-refractivity contribution in [2.45, 2.75) is 24.2 Å². The van der Waals surface area contributed by atoms with Crippen molar-refractivity contribution in [1.29, 1.82) is 0 Å². The Morgan fingerprint density at radius 2 is 1.32 bits per heavy atom.